The molecule has 1 aliphatic heterocycles. The summed E-state index contributed by atoms with van der Waals surface area (Å²) in [6.45, 7) is 8.68. The molecule has 0 aliphatic carbocycles. The molecule has 142 valence electrons. The van der Waals surface area contributed by atoms with Gasteiger partial charge in [-0.3, -0.25) is 0 Å². The second kappa shape index (κ2) is 6.82. The Balaban J connectivity index is 2.15. The van der Waals surface area contributed by atoms with E-state index in [4.69, 9.17) is 10.5 Å². The lowest BCUT2D eigenvalue weighted by Crippen LogP contribution is -2.43. The number of fused-ring (bicyclic) bond motifs is 2. The van der Waals surface area contributed by atoms with Gasteiger partial charge < -0.3 is 10.5 Å². The Kier molecular flexibility index (Phi) is 4.59. The minimum Gasteiger partial charge on any atom is -0.456 e. The van der Waals surface area contributed by atoms with E-state index in [0.29, 0.717) is 0 Å². The van der Waals surface area contributed by atoms with Gasteiger partial charge in [0, 0.05) is 11.1 Å². The maximum atomic E-state index is 7.36. The van der Waals surface area contributed by atoms with Crippen molar-refractivity contribution in [2.75, 3.05) is 0 Å². The smallest absolute Gasteiger partial charge is 0.140 e. The summed E-state index contributed by atoms with van der Waals surface area (Å²) in [5.74, 6) is 1.88. The topological polar surface area (TPSA) is 35.2 Å². The number of aryl methyl sites for hydroxylation is 3. The second-order valence-electron chi connectivity index (χ2n) is 7.96. The number of ether oxygens (including phenoxy) is 1. The van der Waals surface area contributed by atoms with E-state index in [-0.39, 0.29) is 0 Å². The first kappa shape index (κ1) is 18.8. The molecule has 3 heteroatoms. The molecule has 4 rings (SSSR count). The summed E-state index contributed by atoms with van der Waals surface area (Å²) in [7, 11) is 2.18. The quantitative estimate of drug-likeness (QED) is 0.707. The molecule has 1 atom stereocenters. The van der Waals surface area contributed by atoms with Gasteiger partial charge in [-0.05, 0) is 49.4 Å². The lowest BCUT2D eigenvalue weighted by Gasteiger charge is -2.40. The van der Waals surface area contributed by atoms with Crippen molar-refractivity contribution in [1.82, 2.24) is 0 Å². The molecule has 0 aromatic heterocycles. The fraction of sp³-hybridized carbons (Fsp3) is 0.280. The van der Waals surface area contributed by atoms with Gasteiger partial charge in [-0.25, -0.2) is 0 Å². The zero-order chi connectivity index (χ0) is 20.1. The number of hydrogen-bond acceptors (Lipinski definition) is 2. The number of benzene rings is 3. The van der Waals surface area contributed by atoms with Crippen molar-refractivity contribution in [3.63, 3.8) is 0 Å². The molecule has 0 bridgehead atoms. The summed E-state index contributed by atoms with van der Waals surface area (Å²) in [4.78, 5) is 0. The van der Waals surface area contributed by atoms with E-state index in [0.717, 1.165) is 41.0 Å². The van der Waals surface area contributed by atoms with Crippen molar-refractivity contribution >= 4 is 13.3 Å². The lowest BCUT2D eigenvalue weighted by atomic mass is 9.71. The molecule has 1 aliphatic rings. The highest BCUT2D eigenvalue weighted by molar-refractivity contribution is 6.34. The van der Waals surface area contributed by atoms with Gasteiger partial charge in [-0.1, -0.05) is 72.9 Å². The zero-order valence-corrected chi connectivity index (χ0v) is 17.5. The first-order valence-corrected chi connectivity index (χ1v) is 10.2. The molecule has 1 heterocycles. The van der Waals surface area contributed by atoms with Crippen LogP contribution in [0.5, 0.6) is 11.5 Å². The predicted molar refractivity (Wildman–Crippen MR) is 120 cm³/mol. The van der Waals surface area contributed by atoms with Gasteiger partial charge in [0.2, 0.25) is 0 Å². The van der Waals surface area contributed by atoms with E-state index in [1.54, 1.807) is 0 Å². The third kappa shape index (κ3) is 2.61. The van der Waals surface area contributed by atoms with Crippen LogP contribution in [0.1, 0.15) is 52.8 Å². The molecule has 1 unspecified atom stereocenters. The Morgan fingerprint density at radius 1 is 0.929 bits per heavy atom. The van der Waals surface area contributed by atoms with Crippen LogP contribution in [-0.4, -0.2) is 7.85 Å². The van der Waals surface area contributed by atoms with Crippen LogP contribution in [0.15, 0.2) is 48.5 Å². The molecule has 28 heavy (non-hydrogen) atoms. The van der Waals surface area contributed by atoms with Crippen LogP contribution in [0, 0.1) is 13.8 Å². The summed E-state index contributed by atoms with van der Waals surface area (Å²) in [6.07, 6.45) is 1.83. The van der Waals surface area contributed by atoms with Gasteiger partial charge >= 0.3 is 0 Å². The van der Waals surface area contributed by atoms with Crippen LogP contribution in [0.4, 0.5) is 0 Å². The summed E-state index contributed by atoms with van der Waals surface area (Å²) in [6, 6.07) is 17.1. The van der Waals surface area contributed by atoms with Gasteiger partial charge in [0.15, 0.2) is 0 Å². The van der Waals surface area contributed by atoms with Crippen LogP contribution < -0.4 is 15.9 Å². The number of nitrogens with two attached hydrogens (primary N) is 1. The molecule has 0 fully saturated rings. The molecule has 0 spiro atoms. The lowest BCUT2D eigenvalue weighted by molar-refractivity contribution is 0.412. The van der Waals surface area contributed by atoms with Crippen LogP contribution in [0.2, 0.25) is 0 Å². The van der Waals surface area contributed by atoms with Crippen molar-refractivity contribution in [2.24, 2.45) is 5.73 Å². The average molecular weight is 369 g/mol. The monoisotopic (exact) mass is 369 g/mol. The largest absolute Gasteiger partial charge is 0.456 e. The van der Waals surface area contributed by atoms with Crippen LogP contribution in [0.3, 0.4) is 0 Å². The van der Waals surface area contributed by atoms with Crippen LogP contribution in [-0.2, 0) is 18.4 Å². The Labute approximate surface area is 169 Å². The van der Waals surface area contributed by atoms with Gasteiger partial charge in [-0.15, -0.1) is 0 Å². The molecular weight excluding hydrogens is 341 g/mol. The summed E-state index contributed by atoms with van der Waals surface area (Å²) in [5, 5.41) is 0. The van der Waals surface area contributed by atoms with Gasteiger partial charge in [0.05, 0.1) is 5.54 Å². The van der Waals surface area contributed by atoms with Gasteiger partial charge in [0.1, 0.15) is 19.3 Å². The Bertz CT molecular complexity index is 1060. The molecule has 3 aromatic rings. The van der Waals surface area contributed by atoms with E-state index in [2.05, 4.69) is 78.0 Å². The van der Waals surface area contributed by atoms with Crippen molar-refractivity contribution in [3.8, 4) is 11.5 Å². The first-order valence-electron chi connectivity index (χ1n) is 10.2. The minimum absolute atomic E-state index is 0.734. The standard InChI is InChI=1S/C25H28BNO/c1-5-17-12-15(3)13-20-23(17)28-24-19(6-2)22(26)16(4)14-21(24)25(20,27)18-10-8-7-9-11-18/h7-14H,5-6,26-27H2,1-4H3. The van der Waals surface area contributed by atoms with E-state index in [1.165, 1.54) is 27.7 Å². The Morgan fingerprint density at radius 3 is 2.25 bits per heavy atom. The fourth-order valence-electron chi connectivity index (χ4n) is 4.58. The molecular formula is C25H28BNO. The molecule has 0 radical (unpaired) electrons. The summed E-state index contributed by atoms with van der Waals surface area (Å²) >= 11 is 0. The highest BCUT2D eigenvalue weighted by Gasteiger charge is 2.42. The molecule has 0 saturated carbocycles. The molecule has 0 amide bonds. The van der Waals surface area contributed by atoms with Crippen molar-refractivity contribution in [2.45, 2.75) is 46.1 Å². The average Bonchev–Trinajstić information content (AvgIpc) is 2.71. The van der Waals surface area contributed by atoms with Gasteiger partial charge in [-0.2, -0.15) is 0 Å². The van der Waals surface area contributed by atoms with E-state index >= 15 is 0 Å². The summed E-state index contributed by atoms with van der Waals surface area (Å²) in [5.41, 5.74) is 16.1. The first-order chi connectivity index (χ1) is 13.4. The second-order valence-corrected chi connectivity index (χ2v) is 7.96. The Hall–Kier alpha value is -2.52. The molecule has 0 saturated heterocycles. The third-order valence-corrected chi connectivity index (χ3v) is 6.25. The summed E-state index contributed by atoms with van der Waals surface area (Å²) < 4.78 is 6.65. The van der Waals surface area contributed by atoms with Crippen LogP contribution >= 0.6 is 0 Å². The van der Waals surface area contributed by atoms with E-state index in [1.807, 2.05) is 6.07 Å². The normalized spacial score (nSPS) is 17.6. The van der Waals surface area contributed by atoms with Crippen LogP contribution in [0.25, 0.3) is 0 Å². The van der Waals surface area contributed by atoms with E-state index in [9.17, 15) is 0 Å². The minimum atomic E-state index is -0.734. The Morgan fingerprint density at radius 2 is 1.61 bits per heavy atom. The number of rotatable bonds is 3. The number of hydrogen-bond donors (Lipinski definition) is 1. The fourth-order valence-corrected chi connectivity index (χ4v) is 4.58. The molecule has 3 aromatic carbocycles. The highest BCUT2D eigenvalue weighted by atomic mass is 16.5. The van der Waals surface area contributed by atoms with Crippen molar-refractivity contribution < 1.29 is 4.74 Å². The third-order valence-electron chi connectivity index (χ3n) is 6.25. The SMILES string of the molecule is Bc1c(C)cc2c(c1CC)Oc1c(CC)cc(C)cc1C2(N)c1ccccc1. The van der Waals surface area contributed by atoms with E-state index < -0.39 is 5.54 Å². The van der Waals surface area contributed by atoms with Crippen molar-refractivity contribution in [1.29, 1.82) is 0 Å². The predicted octanol–water partition coefficient (Wildman–Crippen LogP) is 4.04. The maximum absolute atomic E-state index is 7.36. The van der Waals surface area contributed by atoms with Crippen molar-refractivity contribution in [3.05, 3.63) is 87.5 Å². The molecule has 2 N–H and O–H groups in total. The maximum Gasteiger partial charge on any atom is 0.140 e. The highest BCUT2D eigenvalue weighted by Crippen LogP contribution is 2.51. The molecule has 2 nitrogen and oxygen atoms in total. The zero-order valence-electron chi connectivity index (χ0n) is 17.5. The van der Waals surface area contributed by atoms with Gasteiger partial charge in [0.25, 0.3) is 0 Å².